The molecule has 2 heterocycles. The molecule has 4 rings (SSSR count). The summed E-state index contributed by atoms with van der Waals surface area (Å²) in [5.74, 6) is 1.01. The molecule has 0 amide bonds. The number of sulfonamides is 1. The molecule has 1 aliphatic rings. The Bertz CT molecular complexity index is 1140. The van der Waals surface area contributed by atoms with Crippen LogP contribution in [0.4, 0.5) is 11.5 Å². The highest BCUT2D eigenvalue weighted by Crippen LogP contribution is 2.40. The van der Waals surface area contributed by atoms with Crippen molar-refractivity contribution < 1.29 is 13.2 Å². The number of halogens is 1. The van der Waals surface area contributed by atoms with Gasteiger partial charge in [-0.25, -0.2) is 18.5 Å². The average Bonchev–Trinajstić information content (AvgIpc) is 3.30. The molecular weight excluding hydrogens is 446 g/mol. The zero-order valence-electron chi connectivity index (χ0n) is 15.2. The highest BCUT2D eigenvalue weighted by molar-refractivity contribution is 9.10. The van der Waals surface area contributed by atoms with E-state index in [2.05, 4.69) is 26.2 Å². The number of methoxy groups -OCH3 is 1. The van der Waals surface area contributed by atoms with Crippen LogP contribution in [0.2, 0.25) is 0 Å². The van der Waals surface area contributed by atoms with Crippen LogP contribution in [0.25, 0.3) is 10.9 Å². The Balaban J connectivity index is 1.86. The maximum atomic E-state index is 11.7. The summed E-state index contributed by atoms with van der Waals surface area (Å²) in [6, 6.07) is 6.62. The SMILES string of the molecule is COc1ncc(Br)c2c1c(Nc1cccc(S(N)(=O)=O)c1)nn2C1CCCC1. The first kappa shape index (κ1) is 19.2. The van der Waals surface area contributed by atoms with Crippen molar-refractivity contribution in [2.24, 2.45) is 5.14 Å². The number of ether oxygens (including phenoxy) is 1. The number of anilines is 2. The summed E-state index contributed by atoms with van der Waals surface area (Å²) in [6.07, 6.45) is 6.18. The van der Waals surface area contributed by atoms with E-state index in [0.717, 1.165) is 28.2 Å². The molecule has 1 aromatic carbocycles. The average molecular weight is 466 g/mol. The number of hydrogen-bond acceptors (Lipinski definition) is 6. The minimum atomic E-state index is -3.80. The second-order valence-electron chi connectivity index (χ2n) is 6.77. The predicted octanol–water partition coefficient (Wildman–Crippen LogP) is 3.71. The fourth-order valence-electron chi connectivity index (χ4n) is 3.65. The van der Waals surface area contributed by atoms with Crippen LogP contribution in [-0.4, -0.2) is 30.3 Å². The van der Waals surface area contributed by atoms with Crippen LogP contribution in [0.15, 0.2) is 39.8 Å². The van der Waals surface area contributed by atoms with Crippen molar-refractivity contribution in [2.45, 2.75) is 36.6 Å². The first-order chi connectivity index (χ1) is 13.4. The van der Waals surface area contributed by atoms with Gasteiger partial charge in [-0.3, -0.25) is 4.68 Å². The minimum Gasteiger partial charge on any atom is -0.480 e. The van der Waals surface area contributed by atoms with Gasteiger partial charge in [0.1, 0.15) is 5.39 Å². The third-order valence-corrected chi connectivity index (χ3v) is 6.43. The van der Waals surface area contributed by atoms with E-state index in [1.807, 2.05) is 4.68 Å². The van der Waals surface area contributed by atoms with Gasteiger partial charge in [0, 0.05) is 11.9 Å². The number of benzene rings is 1. The molecule has 2 aromatic heterocycles. The third kappa shape index (κ3) is 3.47. The van der Waals surface area contributed by atoms with E-state index in [4.69, 9.17) is 15.0 Å². The number of pyridine rings is 1. The van der Waals surface area contributed by atoms with Crippen LogP contribution in [0, 0.1) is 0 Å². The summed E-state index contributed by atoms with van der Waals surface area (Å²) in [6.45, 7) is 0. The van der Waals surface area contributed by atoms with Crippen molar-refractivity contribution in [3.05, 3.63) is 34.9 Å². The Morgan fingerprint density at radius 2 is 2.07 bits per heavy atom. The highest BCUT2D eigenvalue weighted by Gasteiger charge is 2.26. The maximum absolute atomic E-state index is 11.7. The van der Waals surface area contributed by atoms with E-state index in [9.17, 15) is 8.42 Å². The number of primary sulfonamides is 1. The fourth-order valence-corrected chi connectivity index (χ4v) is 4.69. The lowest BCUT2D eigenvalue weighted by molar-refractivity contribution is 0.403. The largest absolute Gasteiger partial charge is 0.480 e. The molecule has 8 nitrogen and oxygen atoms in total. The Morgan fingerprint density at radius 3 is 2.75 bits per heavy atom. The van der Waals surface area contributed by atoms with Crippen molar-refractivity contribution >= 4 is 48.4 Å². The molecule has 148 valence electrons. The van der Waals surface area contributed by atoms with Crippen molar-refractivity contribution in [3.8, 4) is 5.88 Å². The predicted molar refractivity (Wildman–Crippen MR) is 110 cm³/mol. The highest BCUT2D eigenvalue weighted by atomic mass is 79.9. The van der Waals surface area contributed by atoms with Crippen LogP contribution in [0.3, 0.4) is 0 Å². The normalized spacial score (nSPS) is 15.2. The summed E-state index contributed by atoms with van der Waals surface area (Å²) in [7, 11) is -2.23. The van der Waals surface area contributed by atoms with Crippen LogP contribution < -0.4 is 15.2 Å². The van der Waals surface area contributed by atoms with E-state index < -0.39 is 10.0 Å². The summed E-state index contributed by atoms with van der Waals surface area (Å²) in [5, 5.41) is 14.0. The Hall–Kier alpha value is -2.17. The molecular formula is C18H20BrN5O3S. The zero-order valence-corrected chi connectivity index (χ0v) is 17.6. The molecule has 3 N–H and O–H groups in total. The van der Waals surface area contributed by atoms with Gasteiger partial charge in [0.05, 0.1) is 28.0 Å². The number of nitrogens with two attached hydrogens (primary N) is 1. The van der Waals surface area contributed by atoms with Gasteiger partial charge in [-0.15, -0.1) is 0 Å². The van der Waals surface area contributed by atoms with Crippen LogP contribution >= 0.6 is 15.9 Å². The summed E-state index contributed by atoms with van der Waals surface area (Å²) in [5.41, 5.74) is 1.47. The van der Waals surface area contributed by atoms with Crippen molar-refractivity contribution in [1.82, 2.24) is 14.8 Å². The van der Waals surface area contributed by atoms with E-state index in [1.165, 1.54) is 25.0 Å². The van der Waals surface area contributed by atoms with E-state index in [1.54, 1.807) is 25.4 Å². The van der Waals surface area contributed by atoms with Gasteiger partial charge < -0.3 is 10.1 Å². The van der Waals surface area contributed by atoms with Crippen LogP contribution in [-0.2, 0) is 10.0 Å². The molecule has 0 radical (unpaired) electrons. The smallest absolute Gasteiger partial charge is 0.238 e. The molecule has 1 saturated carbocycles. The van der Waals surface area contributed by atoms with Gasteiger partial charge in [-0.05, 0) is 47.0 Å². The zero-order chi connectivity index (χ0) is 19.9. The lowest BCUT2D eigenvalue weighted by Gasteiger charge is -2.12. The second kappa shape index (κ2) is 7.34. The topological polar surface area (TPSA) is 112 Å². The summed E-state index contributed by atoms with van der Waals surface area (Å²) >= 11 is 3.59. The van der Waals surface area contributed by atoms with Gasteiger partial charge in [-0.2, -0.15) is 5.10 Å². The number of hydrogen-bond donors (Lipinski definition) is 2. The lowest BCUT2D eigenvalue weighted by Crippen LogP contribution is -2.12. The third-order valence-electron chi connectivity index (χ3n) is 4.93. The van der Waals surface area contributed by atoms with Crippen molar-refractivity contribution in [1.29, 1.82) is 0 Å². The Morgan fingerprint density at radius 1 is 1.32 bits per heavy atom. The lowest BCUT2D eigenvalue weighted by atomic mass is 10.2. The van der Waals surface area contributed by atoms with Crippen molar-refractivity contribution in [2.75, 3.05) is 12.4 Å². The van der Waals surface area contributed by atoms with Gasteiger partial charge in [0.15, 0.2) is 5.82 Å². The molecule has 0 saturated heterocycles. The fraction of sp³-hybridized carbons (Fsp3) is 0.333. The molecule has 1 aliphatic carbocycles. The summed E-state index contributed by atoms with van der Waals surface area (Å²) < 4.78 is 31.7. The Kier molecular flexibility index (Phi) is 5.02. The van der Waals surface area contributed by atoms with Crippen LogP contribution in [0.1, 0.15) is 31.7 Å². The minimum absolute atomic E-state index is 0.0308. The maximum Gasteiger partial charge on any atom is 0.238 e. The molecule has 0 bridgehead atoms. The van der Waals surface area contributed by atoms with Gasteiger partial charge in [0.2, 0.25) is 15.9 Å². The number of fused-ring (bicyclic) bond motifs is 1. The molecule has 0 spiro atoms. The number of aromatic nitrogens is 3. The molecule has 0 aliphatic heterocycles. The number of nitrogens with one attached hydrogen (secondary N) is 1. The number of nitrogens with zero attached hydrogens (tertiary/aromatic N) is 3. The van der Waals surface area contributed by atoms with Gasteiger partial charge >= 0.3 is 0 Å². The molecule has 3 aromatic rings. The first-order valence-corrected chi connectivity index (χ1v) is 11.2. The monoisotopic (exact) mass is 465 g/mol. The molecule has 0 atom stereocenters. The van der Waals surface area contributed by atoms with Crippen LogP contribution in [0.5, 0.6) is 5.88 Å². The molecule has 1 fully saturated rings. The van der Waals surface area contributed by atoms with Gasteiger partial charge in [-0.1, -0.05) is 18.9 Å². The Labute approximate surface area is 171 Å². The van der Waals surface area contributed by atoms with E-state index in [0.29, 0.717) is 23.4 Å². The quantitative estimate of drug-likeness (QED) is 0.593. The van der Waals surface area contributed by atoms with Gasteiger partial charge in [0.25, 0.3) is 0 Å². The number of rotatable bonds is 5. The van der Waals surface area contributed by atoms with E-state index >= 15 is 0 Å². The summed E-state index contributed by atoms with van der Waals surface area (Å²) in [4.78, 5) is 4.38. The molecule has 28 heavy (non-hydrogen) atoms. The first-order valence-electron chi connectivity index (χ1n) is 8.89. The van der Waals surface area contributed by atoms with E-state index in [-0.39, 0.29) is 4.90 Å². The van der Waals surface area contributed by atoms with Crippen molar-refractivity contribution in [3.63, 3.8) is 0 Å². The molecule has 0 unspecified atom stereocenters. The standard InChI is InChI=1S/C18H20BrN5O3S/c1-27-18-15-16(14(19)10-21-18)24(12-6-2-3-7-12)23-17(15)22-11-5-4-8-13(9-11)28(20,25)26/h4-5,8-10,12H,2-3,6-7H2,1H3,(H,22,23)(H2,20,25,26). The second-order valence-corrected chi connectivity index (χ2v) is 9.18. The molecule has 10 heteroatoms.